The van der Waals surface area contributed by atoms with E-state index in [0.717, 1.165) is 50.6 Å². The van der Waals surface area contributed by atoms with Crippen LogP contribution in [0.5, 0.6) is 0 Å². The summed E-state index contributed by atoms with van der Waals surface area (Å²) in [5.41, 5.74) is 5.77. The number of carbonyl (C=O) groups is 1. The number of rotatable bonds is 8. The van der Waals surface area contributed by atoms with Gasteiger partial charge in [-0.1, -0.05) is 27.2 Å². The third-order valence-corrected chi connectivity index (χ3v) is 4.08. The highest BCUT2D eigenvalue weighted by Gasteiger charge is 2.21. The molecule has 0 bridgehead atoms. The quantitative estimate of drug-likeness (QED) is 0.675. The van der Waals surface area contributed by atoms with Crippen molar-refractivity contribution in [3.05, 3.63) is 0 Å². The van der Waals surface area contributed by atoms with E-state index in [-0.39, 0.29) is 24.4 Å². The lowest BCUT2D eigenvalue weighted by molar-refractivity contribution is -0.122. The minimum atomic E-state index is -0.330. The molecule has 1 fully saturated rings. The Morgan fingerprint density at radius 1 is 1.29 bits per heavy atom. The van der Waals surface area contributed by atoms with Gasteiger partial charge in [0.05, 0.1) is 6.04 Å². The van der Waals surface area contributed by atoms with E-state index >= 15 is 0 Å². The summed E-state index contributed by atoms with van der Waals surface area (Å²) in [5, 5.41) is 2.94. The molecule has 0 aromatic heterocycles. The first-order valence-electron chi connectivity index (χ1n) is 8.28. The summed E-state index contributed by atoms with van der Waals surface area (Å²) in [4.78, 5) is 14.2. The van der Waals surface area contributed by atoms with Gasteiger partial charge >= 0.3 is 0 Å². The molecule has 0 aliphatic carbocycles. The van der Waals surface area contributed by atoms with Gasteiger partial charge in [-0.15, -0.1) is 12.4 Å². The highest BCUT2D eigenvalue weighted by Crippen LogP contribution is 2.20. The molecule has 1 rings (SSSR count). The molecule has 1 heterocycles. The fraction of sp³-hybridized carbons (Fsp3) is 0.938. The molecule has 0 spiro atoms. The molecule has 3 unspecified atom stereocenters. The number of likely N-dealkylation sites (tertiary alicyclic amines) is 1. The normalized spacial score (nSPS) is 24.2. The Labute approximate surface area is 136 Å². The summed E-state index contributed by atoms with van der Waals surface area (Å²) in [6.45, 7) is 11.1. The lowest BCUT2D eigenvalue weighted by Crippen LogP contribution is -2.41. The number of amides is 1. The van der Waals surface area contributed by atoms with Crippen LogP contribution in [0.2, 0.25) is 0 Å². The smallest absolute Gasteiger partial charge is 0.236 e. The Hall–Kier alpha value is -0.320. The highest BCUT2D eigenvalue weighted by molar-refractivity contribution is 5.85. The van der Waals surface area contributed by atoms with E-state index in [1.54, 1.807) is 0 Å². The Bertz CT molecular complexity index is 279. The fourth-order valence-corrected chi connectivity index (χ4v) is 3.22. The van der Waals surface area contributed by atoms with Crippen LogP contribution in [-0.4, -0.2) is 43.0 Å². The molecule has 4 nitrogen and oxygen atoms in total. The second kappa shape index (κ2) is 11.3. The molecule has 0 aromatic rings. The van der Waals surface area contributed by atoms with Gasteiger partial charge < -0.3 is 16.0 Å². The Morgan fingerprint density at radius 2 is 1.90 bits per heavy atom. The molecule has 5 heteroatoms. The number of halogens is 1. The number of carbonyl (C=O) groups excluding carboxylic acids is 1. The van der Waals surface area contributed by atoms with Crippen molar-refractivity contribution in [1.82, 2.24) is 10.2 Å². The molecule has 126 valence electrons. The van der Waals surface area contributed by atoms with Crippen LogP contribution < -0.4 is 11.1 Å². The van der Waals surface area contributed by atoms with Crippen LogP contribution in [0.25, 0.3) is 0 Å². The van der Waals surface area contributed by atoms with Gasteiger partial charge in [0.25, 0.3) is 0 Å². The van der Waals surface area contributed by atoms with Crippen molar-refractivity contribution in [2.45, 2.75) is 58.9 Å². The van der Waals surface area contributed by atoms with E-state index in [1.165, 1.54) is 19.5 Å². The van der Waals surface area contributed by atoms with Gasteiger partial charge in [-0.25, -0.2) is 0 Å². The highest BCUT2D eigenvalue weighted by atomic mass is 35.5. The number of nitrogens with zero attached hydrogens (tertiary/aromatic N) is 1. The first-order chi connectivity index (χ1) is 9.52. The van der Waals surface area contributed by atoms with E-state index in [4.69, 9.17) is 5.73 Å². The van der Waals surface area contributed by atoms with Gasteiger partial charge in [0, 0.05) is 19.6 Å². The molecule has 3 atom stereocenters. The molecule has 0 radical (unpaired) electrons. The summed E-state index contributed by atoms with van der Waals surface area (Å²) in [7, 11) is 0. The zero-order valence-corrected chi connectivity index (χ0v) is 14.8. The minimum Gasteiger partial charge on any atom is -0.355 e. The number of nitrogens with one attached hydrogen (secondary N) is 1. The first-order valence-corrected chi connectivity index (χ1v) is 8.28. The molecule has 1 aliphatic heterocycles. The van der Waals surface area contributed by atoms with E-state index in [1.807, 2.05) is 6.92 Å². The predicted molar refractivity (Wildman–Crippen MR) is 91.8 cm³/mol. The zero-order chi connectivity index (χ0) is 15.0. The van der Waals surface area contributed by atoms with E-state index in [2.05, 4.69) is 24.1 Å². The number of unbranched alkanes of at least 4 members (excludes halogenated alkanes) is 1. The van der Waals surface area contributed by atoms with Gasteiger partial charge in [-0.2, -0.15) is 0 Å². The summed E-state index contributed by atoms with van der Waals surface area (Å²) in [6, 6.07) is -0.330. The average molecular weight is 320 g/mol. The van der Waals surface area contributed by atoms with Crippen molar-refractivity contribution in [3.63, 3.8) is 0 Å². The molecule has 1 amide bonds. The topological polar surface area (TPSA) is 58.4 Å². The van der Waals surface area contributed by atoms with Crippen molar-refractivity contribution >= 4 is 18.3 Å². The van der Waals surface area contributed by atoms with Crippen molar-refractivity contribution in [1.29, 1.82) is 0 Å². The van der Waals surface area contributed by atoms with Crippen molar-refractivity contribution in [3.8, 4) is 0 Å². The third-order valence-electron chi connectivity index (χ3n) is 4.08. The van der Waals surface area contributed by atoms with Gasteiger partial charge in [0.15, 0.2) is 0 Å². The van der Waals surface area contributed by atoms with Gasteiger partial charge in [-0.3, -0.25) is 4.79 Å². The molecule has 0 saturated carbocycles. The number of hydrogen-bond acceptors (Lipinski definition) is 3. The van der Waals surface area contributed by atoms with Gasteiger partial charge in [0.2, 0.25) is 5.91 Å². The summed E-state index contributed by atoms with van der Waals surface area (Å²) < 4.78 is 0. The predicted octanol–water partition coefficient (Wildman–Crippen LogP) is 2.41. The lowest BCUT2D eigenvalue weighted by Gasteiger charge is -2.34. The summed E-state index contributed by atoms with van der Waals surface area (Å²) in [6.07, 6.45) is 5.30. The Morgan fingerprint density at radius 3 is 2.48 bits per heavy atom. The van der Waals surface area contributed by atoms with Crippen LogP contribution in [0.3, 0.4) is 0 Å². The molecule has 0 aromatic carbocycles. The van der Waals surface area contributed by atoms with Crippen LogP contribution in [0.15, 0.2) is 0 Å². The van der Waals surface area contributed by atoms with Crippen LogP contribution >= 0.6 is 12.4 Å². The molecule has 3 N–H and O–H groups in total. The largest absolute Gasteiger partial charge is 0.355 e. The second-order valence-electron chi connectivity index (χ2n) is 6.60. The first kappa shape index (κ1) is 20.7. The molecular weight excluding hydrogens is 286 g/mol. The van der Waals surface area contributed by atoms with Crippen molar-refractivity contribution in [2.75, 3.05) is 26.2 Å². The maximum Gasteiger partial charge on any atom is 0.236 e. The Balaban J connectivity index is 0.00000400. The van der Waals surface area contributed by atoms with Crippen LogP contribution in [-0.2, 0) is 4.79 Å². The standard InChI is InChI=1S/C16H33N3O.ClH/c1-4-7-15(17)16(20)18-8-5-6-9-19-11-13(2)10-14(3)12-19;/h13-15H,4-12,17H2,1-3H3,(H,18,20);1H. The maximum absolute atomic E-state index is 11.6. The molecule has 1 aliphatic rings. The van der Waals surface area contributed by atoms with Crippen molar-refractivity contribution < 1.29 is 4.79 Å². The lowest BCUT2D eigenvalue weighted by atomic mass is 9.92. The number of nitrogens with two attached hydrogens (primary N) is 1. The van der Waals surface area contributed by atoms with Gasteiger partial charge in [0.1, 0.15) is 0 Å². The average Bonchev–Trinajstić information content (AvgIpc) is 2.37. The van der Waals surface area contributed by atoms with Crippen LogP contribution in [0.1, 0.15) is 52.9 Å². The monoisotopic (exact) mass is 319 g/mol. The summed E-state index contributed by atoms with van der Waals surface area (Å²) in [5.74, 6) is 1.66. The van der Waals surface area contributed by atoms with E-state index in [9.17, 15) is 4.79 Å². The number of hydrogen-bond donors (Lipinski definition) is 2. The number of piperidine rings is 1. The summed E-state index contributed by atoms with van der Waals surface area (Å²) >= 11 is 0. The van der Waals surface area contributed by atoms with E-state index < -0.39 is 0 Å². The minimum absolute atomic E-state index is 0. The fourth-order valence-electron chi connectivity index (χ4n) is 3.22. The zero-order valence-electron chi connectivity index (χ0n) is 13.9. The maximum atomic E-state index is 11.6. The van der Waals surface area contributed by atoms with Crippen LogP contribution in [0.4, 0.5) is 0 Å². The van der Waals surface area contributed by atoms with Gasteiger partial charge in [-0.05, 0) is 44.1 Å². The van der Waals surface area contributed by atoms with E-state index in [0.29, 0.717) is 0 Å². The molecule has 1 saturated heterocycles. The molecular formula is C16H34ClN3O. The molecule has 21 heavy (non-hydrogen) atoms. The van der Waals surface area contributed by atoms with Crippen molar-refractivity contribution in [2.24, 2.45) is 17.6 Å². The van der Waals surface area contributed by atoms with Crippen LogP contribution in [0, 0.1) is 11.8 Å². The SMILES string of the molecule is CCCC(N)C(=O)NCCCCN1CC(C)CC(C)C1.Cl. The third kappa shape index (κ3) is 8.64. The Kier molecular flexibility index (Phi) is 11.1. The second-order valence-corrected chi connectivity index (χ2v) is 6.60.